The van der Waals surface area contributed by atoms with Gasteiger partial charge in [-0.2, -0.15) is 0 Å². The Bertz CT molecular complexity index is 430. The van der Waals surface area contributed by atoms with Crippen LogP contribution in [0.5, 0.6) is 0 Å². The van der Waals surface area contributed by atoms with E-state index in [1.807, 2.05) is 6.92 Å². The lowest BCUT2D eigenvalue weighted by Gasteiger charge is -2.34. The predicted octanol–water partition coefficient (Wildman–Crippen LogP) is 3.43. The zero-order valence-electron chi connectivity index (χ0n) is 11.5. The van der Waals surface area contributed by atoms with Crippen molar-refractivity contribution < 1.29 is 13.5 Å². The van der Waals surface area contributed by atoms with Crippen molar-refractivity contribution in [3.8, 4) is 0 Å². The smallest absolute Gasteiger partial charge is 0.159 e. The van der Waals surface area contributed by atoms with Crippen molar-refractivity contribution in [2.24, 2.45) is 5.41 Å². The minimum absolute atomic E-state index is 0.00905. The fourth-order valence-electron chi connectivity index (χ4n) is 2.34. The van der Waals surface area contributed by atoms with Crippen LogP contribution in [0.25, 0.3) is 0 Å². The summed E-state index contributed by atoms with van der Waals surface area (Å²) in [4.78, 5) is 0. The molecular formula is C15H21F2NO. The van der Waals surface area contributed by atoms with Crippen LogP contribution in [0.1, 0.15) is 38.3 Å². The van der Waals surface area contributed by atoms with Crippen LogP contribution < -0.4 is 5.32 Å². The van der Waals surface area contributed by atoms with Gasteiger partial charge in [0, 0.05) is 25.8 Å². The summed E-state index contributed by atoms with van der Waals surface area (Å²) in [7, 11) is 0. The highest BCUT2D eigenvalue weighted by atomic mass is 19.2. The molecule has 1 aromatic rings. The lowest BCUT2D eigenvalue weighted by Crippen LogP contribution is -2.37. The van der Waals surface area contributed by atoms with Gasteiger partial charge in [0.1, 0.15) is 0 Å². The molecule has 0 amide bonds. The molecule has 1 N–H and O–H groups in total. The third kappa shape index (κ3) is 3.74. The standard InChI is InChI=1S/C15H21F2NO/c1-11(12-3-4-13(16)14(17)9-12)18-10-15(2)5-7-19-8-6-15/h3-4,9,11,18H,5-8,10H2,1-2H3. The van der Waals surface area contributed by atoms with Crippen LogP contribution in [-0.2, 0) is 4.74 Å². The number of hydrogen-bond acceptors (Lipinski definition) is 2. The van der Waals surface area contributed by atoms with Crippen LogP contribution in [0.4, 0.5) is 8.78 Å². The summed E-state index contributed by atoms with van der Waals surface area (Å²) in [5.41, 5.74) is 1.00. The molecule has 2 nitrogen and oxygen atoms in total. The highest BCUT2D eigenvalue weighted by Gasteiger charge is 2.27. The van der Waals surface area contributed by atoms with E-state index in [-0.39, 0.29) is 11.5 Å². The molecule has 1 fully saturated rings. The van der Waals surface area contributed by atoms with Gasteiger partial charge in [0.25, 0.3) is 0 Å². The van der Waals surface area contributed by atoms with Gasteiger partial charge in [0.05, 0.1) is 0 Å². The summed E-state index contributed by atoms with van der Waals surface area (Å²) in [6, 6.07) is 4.08. The number of benzene rings is 1. The lowest BCUT2D eigenvalue weighted by atomic mass is 9.82. The van der Waals surface area contributed by atoms with Gasteiger partial charge < -0.3 is 10.1 Å². The van der Waals surface area contributed by atoms with Crippen molar-refractivity contribution in [2.45, 2.75) is 32.7 Å². The van der Waals surface area contributed by atoms with Crippen molar-refractivity contribution in [3.63, 3.8) is 0 Å². The Morgan fingerprint density at radius 3 is 2.58 bits per heavy atom. The molecule has 1 aromatic carbocycles. The third-order valence-electron chi connectivity index (χ3n) is 3.98. The summed E-state index contributed by atoms with van der Waals surface area (Å²) < 4.78 is 31.4. The normalized spacial score (nSPS) is 20.2. The Hall–Kier alpha value is -1.00. The highest BCUT2D eigenvalue weighted by Crippen LogP contribution is 2.29. The van der Waals surface area contributed by atoms with E-state index >= 15 is 0 Å². The van der Waals surface area contributed by atoms with Crippen LogP contribution in [0, 0.1) is 17.0 Å². The van der Waals surface area contributed by atoms with E-state index in [1.165, 1.54) is 12.1 Å². The number of halogens is 2. The maximum absolute atomic E-state index is 13.2. The molecule has 1 saturated heterocycles. The predicted molar refractivity (Wildman–Crippen MR) is 70.9 cm³/mol. The molecule has 0 bridgehead atoms. The Morgan fingerprint density at radius 1 is 1.26 bits per heavy atom. The highest BCUT2D eigenvalue weighted by molar-refractivity contribution is 5.20. The van der Waals surface area contributed by atoms with Crippen LogP contribution in [-0.4, -0.2) is 19.8 Å². The zero-order valence-corrected chi connectivity index (χ0v) is 11.5. The van der Waals surface area contributed by atoms with Gasteiger partial charge in [-0.05, 0) is 42.9 Å². The van der Waals surface area contributed by atoms with Gasteiger partial charge in [0.2, 0.25) is 0 Å². The molecule has 1 aliphatic rings. The molecule has 0 aliphatic carbocycles. The van der Waals surface area contributed by atoms with E-state index in [9.17, 15) is 8.78 Å². The average molecular weight is 269 g/mol. The minimum atomic E-state index is -0.799. The van der Waals surface area contributed by atoms with Crippen molar-refractivity contribution in [3.05, 3.63) is 35.4 Å². The Kier molecular flexibility index (Phi) is 4.53. The van der Waals surface area contributed by atoms with E-state index in [1.54, 1.807) is 6.07 Å². The first kappa shape index (κ1) is 14.4. The quantitative estimate of drug-likeness (QED) is 0.904. The van der Waals surface area contributed by atoms with Crippen molar-refractivity contribution >= 4 is 0 Å². The van der Waals surface area contributed by atoms with Crippen molar-refractivity contribution in [1.29, 1.82) is 0 Å². The van der Waals surface area contributed by atoms with E-state index in [4.69, 9.17) is 4.74 Å². The topological polar surface area (TPSA) is 21.3 Å². The molecular weight excluding hydrogens is 248 g/mol. The second-order valence-corrected chi connectivity index (χ2v) is 5.70. The van der Waals surface area contributed by atoms with Crippen LogP contribution in [0.2, 0.25) is 0 Å². The van der Waals surface area contributed by atoms with Gasteiger partial charge in [-0.15, -0.1) is 0 Å². The van der Waals surface area contributed by atoms with Gasteiger partial charge in [0.15, 0.2) is 11.6 Å². The van der Waals surface area contributed by atoms with Crippen molar-refractivity contribution in [1.82, 2.24) is 5.32 Å². The number of nitrogens with one attached hydrogen (secondary N) is 1. The Balaban J connectivity index is 1.93. The van der Waals surface area contributed by atoms with Crippen LogP contribution in [0.15, 0.2) is 18.2 Å². The van der Waals surface area contributed by atoms with E-state index in [2.05, 4.69) is 12.2 Å². The molecule has 106 valence electrons. The second-order valence-electron chi connectivity index (χ2n) is 5.70. The maximum Gasteiger partial charge on any atom is 0.159 e. The lowest BCUT2D eigenvalue weighted by molar-refractivity contribution is 0.0231. The molecule has 4 heteroatoms. The summed E-state index contributed by atoms with van der Waals surface area (Å²) in [5, 5.41) is 3.41. The molecule has 0 radical (unpaired) electrons. The van der Waals surface area contributed by atoms with Crippen molar-refractivity contribution in [2.75, 3.05) is 19.8 Å². The zero-order chi connectivity index (χ0) is 13.9. The molecule has 1 atom stereocenters. The van der Waals surface area contributed by atoms with Gasteiger partial charge in [-0.3, -0.25) is 0 Å². The van der Waals surface area contributed by atoms with E-state index in [0.717, 1.165) is 38.2 Å². The monoisotopic (exact) mass is 269 g/mol. The van der Waals surface area contributed by atoms with E-state index < -0.39 is 11.6 Å². The average Bonchev–Trinajstić information content (AvgIpc) is 2.40. The van der Waals surface area contributed by atoms with Crippen LogP contribution in [0.3, 0.4) is 0 Å². The molecule has 1 aliphatic heterocycles. The van der Waals surface area contributed by atoms with E-state index in [0.29, 0.717) is 0 Å². The Labute approximate surface area is 113 Å². The first-order valence-corrected chi connectivity index (χ1v) is 6.76. The molecule has 2 rings (SSSR count). The SMILES string of the molecule is CC(NCC1(C)CCOCC1)c1ccc(F)c(F)c1. The number of ether oxygens (including phenoxy) is 1. The number of hydrogen-bond donors (Lipinski definition) is 1. The van der Waals surface area contributed by atoms with Gasteiger partial charge in [-0.1, -0.05) is 13.0 Å². The van der Waals surface area contributed by atoms with Gasteiger partial charge >= 0.3 is 0 Å². The second kappa shape index (κ2) is 5.97. The first-order valence-electron chi connectivity index (χ1n) is 6.76. The summed E-state index contributed by atoms with van der Waals surface area (Å²) in [6.45, 7) is 6.67. The van der Waals surface area contributed by atoms with Gasteiger partial charge in [-0.25, -0.2) is 8.78 Å². The molecule has 1 heterocycles. The first-order chi connectivity index (χ1) is 9.00. The van der Waals surface area contributed by atoms with Crippen LogP contribution >= 0.6 is 0 Å². The summed E-state index contributed by atoms with van der Waals surface area (Å²) in [6.07, 6.45) is 2.06. The Morgan fingerprint density at radius 2 is 1.95 bits per heavy atom. The third-order valence-corrected chi connectivity index (χ3v) is 3.98. The molecule has 0 aromatic heterocycles. The summed E-state index contributed by atoms with van der Waals surface area (Å²) >= 11 is 0. The minimum Gasteiger partial charge on any atom is -0.381 e. The summed E-state index contributed by atoms with van der Waals surface area (Å²) in [5.74, 6) is -1.59. The fourth-order valence-corrected chi connectivity index (χ4v) is 2.34. The molecule has 0 saturated carbocycles. The largest absolute Gasteiger partial charge is 0.381 e. The molecule has 1 unspecified atom stereocenters. The number of rotatable bonds is 4. The fraction of sp³-hybridized carbons (Fsp3) is 0.600. The molecule has 0 spiro atoms. The maximum atomic E-state index is 13.2. The molecule has 19 heavy (non-hydrogen) atoms.